The van der Waals surface area contributed by atoms with Crippen LogP contribution < -0.4 is 10.1 Å². The molecule has 0 atom stereocenters. The van der Waals surface area contributed by atoms with Gasteiger partial charge >= 0.3 is 0 Å². The van der Waals surface area contributed by atoms with Gasteiger partial charge in [0.25, 0.3) is 5.91 Å². The van der Waals surface area contributed by atoms with Gasteiger partial charge in [0.1, 0.15) is 12.4 Å². The van der Waals surface area contributed by atoms with Gasteiger partial charge in [0.15, 0.2) is 5.17 Å². The average Bonchev–Trinajstić information content (AvgIpc) is 2.97. The van der Waals surface area contributed by atoms with Gasteiger partial charge in [-0.1, -0.05) is 36.9 Å². The SMILES string of the molecule is C=CCOc1ccc(/C=C2/SC(=Nc3cccc(C)c3C)NC2=O)cc1. The molecule has 1 aliphatic rings. The van der Waals surface area contributed by atoms with Gasteiger partial charge in [-0.2, -0.15) is 0 Å². The van der Waals surface area contributed by atoms with Crippen molar-refractivity contribution in [2.75, 3.05) is 6.61 Å². The highest BCUT2D eigenvalue weighted by atomic mass is 32.2. The van der Waals surface area contributed by atoms with Crippen LogP contribution in [0, 0.1) is 13.8 Å². The molecule has 4 nitrogen and oxygen atoms in total. The van der Waals surface area contributed by atoms with Gasteiger partial charge in [0, 0.05) is 0 Å². The molecule has 1 heterocycles. The van der Waals surface area contributed by atoms with Crippen LogP contribution in [0.15, 0.2) is 65.0 Å². The molecule has 2 aromatic carbocycles. The van der Waals surface area contributed by atoms with Crippen LogP contribution >= 0.6 is 11.8 Å². The first kappa shape index (κ1) is 18.0. The van der Waals surface area contributed by atoms with Crippen molar-refractivity contribution < 1.29 is 9.53 Å². The van der Waals surface area contributed by atoms with Crippen LogP contribution in [-0.2, 0) is 4.79 Å². The molecule has 1 N–H and O–H groups in total. The smallest absolute Gasteiger partial charge is 0.264 e. The molecule has 5 heteroatoms. The van der Waals surface area contributed by atoms with Crippen LogP contribution in [0.5, 0.6) is 5.75 Å². The number of benzene rings is 2. The van der Waals surface area contributed by atoms with Crippen molar-refractivity contribution in [1.29, 1.82) is 0 Å². The van der Waals surface area contributed by atoms with Gasteiger partial charge in [0.2, 0.25) is 0 Å². The molecule has 0 unspecified atom stereocenters. The van der Waals surface area contributed by atoms with Gasteiger partial charge in [0.05, 0.1) is 10.6 Å². The monoisotopic (exact) mass is 364 g/mol. The highest BCUT2D eigenvalue weighted by Crippen LogP contribution is 2.30. The highest BCUT2D eigenvalue weighted by Gasteiger charge is 2.24. The zero-order valence-electron chi connectivity index (χ0n) is 14.8. The van der Waals surface area contributed by atoms with Crippen LogP contribution in [0.4, 0.5) is 5.69 Å². The van der Waals surface area contributed by atoms with Crippen LogP contribution in [-0.4, -0.2) is 17.7 Å². The molecule has 26 heavy (non-hydrogen) atoms. The van der Waals surface area contributed by atoms with Gasteiger partial charge in [-0.25, -0.2) is 4.99 Å². The summed E-state index contributed by atoms with van der Waals surface area (Å²) in [6.07, 6.45) is 3.55. The number of aryl methyl sites for hydroxylation is 1. The molecule has 1 fully saturated rings. The van der Waals surface area contributed by atoms with E-state index in [1.54, 1.807) is 6.08 Å². The van der Waals surface area contributed by atoms with E-state index in [0.717, 1.165) is 22.6 Å². The van der Waals surface area contributed by atoms with E-state index >= 15 is 0 Å². The molecule has 132 valence electrons. The fourth-order valence-corrected chi connectivity index (χ4v) is 3.25. The molecule has 0 aromatic heterocycles. The third kappa shape index (κ3) is 4.24. The van der Waals surface area contributed by atoms with Crippen molar-refractivity contribution in [2.45, 2.75) is 13.8 Å². The lowest BCUT2D eigenvalue weighted by Gasteiger charge is -2.04. The largest absolute Gasteiger partial charge is 0.490 e. The summed E-state index contributed by atoms with van der Waals surface area (Å²) in [7, 11) is 0. The Morgan fingerprint density at radius 2 is 1.96 bits per heavy atom. The molecule has 0 bridgehead atoms. The minimum Gasteiger partial charge on any atom is -0.490 e. The second kappa shape index (κ2) is 8.06. The summed E-state index contributed by atoms with van der Waals surface area (Å²) >= 11 is 1.35. The first-order valence-corrected chi connectivity index (χ1v) is 9.08. The summed E-state index contributed by atoms with van der Waals surface area (Å²) < 4.78 is 5.46. The Kier molecular flexibility index (Phi) is 5.58. The normalized spacial score (nSPS) is 16.8. The number of hydrogen-bond acceptors (Lipinski definition) is 4. The summed E-state index contributed by atoms with van der Waals surface area (Å²) in [5.74, 6) is 0.638. The Morgan fingerprint density at radius 1 is 1.19 bits per heavy atom. The lowest BCUT2D eigenvalue weighted by molar-refractivity contribution is -0.115. The molecule has 0 aliphatic carbocycles. The Bertz CT molecular complexity index is 899. The second-order valence-corrected chi connectivity index (χ2v) is 6.90. The van der Waals surface area contributed by atoms with Gasteiger partial charge in [-0.15, -0.1) is 0 Å². The van der Waals surface area contributed by atoms with Crippen molar-refractivity contribution in [3.05, 3.63) is 76.7 Å². The number of rotatable bonds is 5. The van der Waals surface area contributed by atoms with E-state index in [1.165, 1.54) is 17.3 Å². The van der Waals surface area contributed by atoms with Gasteiger partial charge < -0.3 is 10.1 Å². The fraction of sp³-hybridized carbons (Fsp3) is 0.143. The third-order valence-electron chi connectivity index (χ3n) is 3.99. The molecule has 0 spiro atoms. The zero-order chi connectivity index (χ0) is 18.5. The van der Waals surface area contributed by atoms with E-state index < -0.39 is 0 Å². The number of nitrogens with zero attached hydrogens (tertiary/aromatic N) is 1. The number of ether oxygens (including phenoxy) is 1. The maximum atomic E-state index is 12.2. The lowest BCUT2D eigenvalue weighted by Crippen LogP contribution is -2.19. The second-order valence-electron chi connectivity index (χ2n) is 5.87. The molecular formula is C21H20N2O2S. The molecule has 3 rings (SSSR count). The Labute approximate surface area is 157 Å². The number of amides is 1. The zero-order valence-corrected chi connectivity index (χ0v) is 15.6. The molecule has 0 radical (unpaired) electrons. The Hall–Kier alpha value is -2.79. The first-order valence-electron chi connectivity index (χ1n) is 8.26. The van der Waals surface area contributed by atoms with Gasteiger partial charge in [-0.3, -0.25) is 4.79 Å². The molecule has 1 amide bonds. The van der Waals surface area contributed by atoms with Crippen LogP contribution in [0.1, 0.15) is 16.7 Å². The Balaban J connectivity index is 1.77. The lowest BCUT2D eigenvalue weighted by atomic mass is 10.1. The standard InChI is InChI=1S/C21H20N2O2S/c1-4-12-25-17-10-8-16(9-11-17)13-19-20(24)23-21(26-19)22-18-7-5-6-14(2)15(18)3/h4-11,13H,1,12H2,2-3H3,(H,22,23,24)/b19-13+. The average molecular weight is 364 g/mol. The minimum atomic E-state index is -0.133. The predicted molar refractivity (Wildman–Crippen MR) is 109 cm³/mol. The van der Waals surface area contributed by atoms with Crippen LogP contribution in [0.3, 0.4) is 0 Å². The summed E-state index contributed by atoms with van der Waals surface area (Å²) in [6.45, 7) is 8.17. The maximum Gasteiger partial charge on any atom is 0.264 e. The number of hydrogen-bond donors (Lipinski definition) is 1. The predicted octanol–water partition coefficient (Wildman–Crippen LogP) is 4.76. The number of thioether (sulfide) groups is 1. The number of carbonyl (C=O) groups excluding carboxylic acids is 1. The van der Waals surface area contributed by atoms with Crippen LogP contribution in [0.2, 0.25) is 0 Å². The van der Waals surface area contributed by atoms with E-state index in [4.69, 9.17) is 4.74 Å². The minimum absolute atomic E-state index is 0.133. The van der Waals surface area contributed by atoms with Crippen LogP contribution in [0.25, 0.3) is 6.08 Å². The van der Waals surface area contributed by atoms with E-state index in [2.05, 4.69) is 16.9 Å². The van der Waals surface area contributed by atoms with Crippen molar-refractivity contribution in [2.24, 2.45) is 4.99 Å². The summed E-state index contributed by atoms with van der Waals surface area (Å²) in [5.41, 5.74) is 4.09. The van der Waals surface area contributed by atoms with Crippen molar-refractivity contribution in [1.82, 2.24) is 5.32 Å². The fourth-order valence-electron chi connectivity index (χ4n) is 2.41. The number of amidine groups is 1. The molecule has 1 saturated heterocycles. The third-order valence-corrected chi connectivity index (χ3v) is 4.90. The number of nitrogens with one attached hydrogen (secondary N) is 1. The molecule has 2 aromatic rings. The van der Waals surface area contributed by atoms with Gasteiger partial charge in [-0.05, 0) is 66.6 Å². The summed E-state index contributed by atoms with van der Waals surface area (Å²) in [6, 6.07) is 13.5. The van der Waals surface area contributed by atoms with Crippen molar-refractivity contribution >= 4 is 34.6 Å². The summed E-state index contributed by atoms with van der Waals surface area (Å²) in [5, 5.41) is 3.43. The van der Waals surface area contributed by atoms with E-state index in [0.29, 0.717) is 16.7 Å². The van der Waals surface area contributed by atoms with E-state index in [1.807, 2.05) is 62.4 Å². The van der Waals surface area contributed by atoms with Crippen molar-refractivity contribution in [3.63, 3.8) is 0 Å². The number of aliphatic imine (C=N–C) groups is 1. The van der Waals surface area contributed by atoms with E-state index in [-0.39, 0.29) is 5.91 Å². The number of carbonyl (C=O) groups is 1. The van der Waals surface area contributed by atoms with Crippen molar-refractivity contribution in [3.8, 4) is 5.75 Å². The molecular weight excluding hydrogens is 344 g/mol. The summed E-state index contributed by atoms with van der Waals surface area (Å²) in [4.78, 5) is 17.4. The quantitative estimate of drug-likeness (QED) is 0.615. The molecule has 0 saturated carbocycles. The Morgan fingerprint density at radius 3 is 2.69 bits per heavy atom. The highest BCUT2D eigenvalue weighted by molar-refractivity contribution is 8.18. The first-order chi connectivity index (χ1) is 12.6. The van der Waals surface area contributed by atoms with E-state index in [9.17, 15) is 4.79 Å². The topological polar surface area (TPSA) is 50.7 Å². The molecule has 1 aliphatic heterocycles. The maximum absolute atomic E-state index is 12.2.